The normalized spacial score (nSPS) is 12.6. The zero-order valence-corrected chi connectivity index (χ0v) is 8.77. The lowest BCUT2D eigenvalue weighted by atomic mass is 10.2. The second-order valence-electron chi connectivity index (χ2n) is 3.20. The van der Waals surface area contributed by atoms with Crippen LogP contribution in [0.1, 0.15) is 32.6 Å². The van der Waals surface area contributed by atoms with Crippen LogP contribution < -0.4 is 5.32 Å². The van der Waals surface area contributed by atoms with Gasteiger partial charge in [-0.05, 0) is 12.6 Å². The molecule has 0 radical (unpaired) electrons. The zero-order chi connectivity index (χ0) is 11.7. The maximum atomic E-state index is 10.6. The van der Waals surface area contributed by atoms with Gasteiger partial charge in [0.2, 0.25) is 0 Å². The van der Waals surface area contributed by atoms with Crippen molar-refractivity contribution in [2.45, 2.75) is 38.6 Å². The number of carbonyl (C=O) groups is 2. The molecule has 1 unspecified atom stereocenters. The highest BCUT2D eigenvalue weighted by Crippen LogP contribution is 1.96. The summed E-state index contributed by atoms with van der Waals surface area (Å²) in [4.78, 5) is 20.9. The van der Waals surface area contributed by atoms with Crippen LogP contribution >= 0.6 is 0 Å². The van der Waals surface area contributed by atoms with Gasteiger partial charge in [0, 0.05) is 0 Å². The van der Waals surface area contributed by atoms with Crippen LogP contribution in [0.15, 0.2) is 12.3 Å². The molecular weight excluding hydrogens is 198 g/mol. The number of aliphatic carboxylic acids is 2. The summed E-state index contributed by atoms with van der Waals surface area (Å²) in [6, 6.07) is -1.06. The number of rotatable bonds is 8. The molecule has 0 heterocycles. The molecule has 0 aliphatic heterocycles. The van der Waals surface area contributed by atoms with Gasteiger partial charge in [0.1, 0.15) is 6.04 Å². The average molecular weight is 215 g/mol. The van der Waals surface area contributed by atoms with Crippen LogP contribution in [0.2, 0.25) is 0 Å². The van der Waals surface area contributed by atoms with Crippen LogP contribution in [0.25, 0.3) is 0 Å². The topological polar surface area (TPSA) is 86.6 Å². The number of hydrogen-bond acceptors (Lipinski definition) is 3. The predicted molar refractivity (Wildman–Crippen MR) is 55.5 cm³/mol. The Bertz CT molecular complexity index is 238. The molecule has 0 aliphatic rings. The van der Waals surface area contributed by atoms with Crippen molar-refractivity contribution in [3.63, 3.8) is 0 Å². The molecule has 0 fully saturated rings. The first kappa shape index (κ1) is 13.5. The van der Waals surface area contributed by atoms with Gasteiger partial charge in [-0.2, -0.15) is 0 Å². The van der Waals surface area contributed by atoms with Gasteiger partial charge < -0.3 is 15.5 Å². The van der Waals surface area contributed by atoms with E-state index in [1.807, 2.05) is 0 Å². The van der Waals surface area contributed by atoms with Crippen molar-refractivity contribution in [1.29, 1.82) is 0 Å². The Labute approximate surface area is 88.8 Å². The van der Waals surface area contributed by atoms with E-state index in [9.17, 15) is 9.59 Å². The second-order valence-corrected chi connectivity index (χ2v) is 3.20. The third kappa shape index (κ3) is 7.54. The third-order valence-corrected chi connectivity index (χ3v) is 1.82. The lowest BCUT2D eigenvalue weighted by Gasteiger charge is -2.09. The van der Waals surface area contributed by atoms with E-state index < -0.39 is 24.4 Å². The van der Waals surface area contributed by atoms with Gasteiger partial charge in [0.15, 0.2) is 0 Å². The summed E-state index contributed by atoms with van der Waals surface area (Å²) in [5.41, 5.74) is 0. The van der Waals surface area contributed by atoms with Crippen molar-refractivity contribution in [3.8, 4) is 0 Å². The first-order valence-corrected chi connectivity index (χ1v) is 4.93. The van der Waals surface area contributed by atoms with E-state index in [0.717, 1.165) is 19.3 Å². The molecular formula is C10H17NO4. The van der Waals surface area contributed by atoms with Gasteiger partial charge in [-0.1, -0.05) is 25.8 Å². The largest absolute Gasteiger partial charge is 0.481 e. The fraction of sp³-hybridized carbons (Fsp3) is 0.600. The van der Waals surface area contributed by atoms with Gasteiger partial charge in [0.05, 0.1) is 6.42 Å². The number of allylic oxidation sites excluding steroid dienone is 1. The maximum absolute atomic E-state index is 10.6. The molecule has 0 aromatic heterocycles. The second kappa shape index (κ2) is 7.84. The molecule has 0 aliphatic carbocycles. The van der Waals surface area contributed by atoms with Crippen molar-refractivity contribution in [2.24, 2.45) is 0 Å². The lowest BCUT2D eigenvalue weighted by molar-refractivity contribution is -0.145. The van der Waals surface area contributed by atoms with Crippen molar-refractivity contribution >= 4 is 11.9 Å². The minimum atomic E-state index is -1.16. The molecule has 15 heavy (non-hydrogen) atoms. The Balaban J connectivity index is 3.90. The molecule has 0 saturated heterocycles. The van der Waals surface area contributed by atoms with Crippen molar-refractivity contribution in [2.75, 3.05) is 0 Å². The smallest absolute Gasteiger partial charge is 0.326 e. The number of hydrogen-bond donors (Lipinski definition) is 3. The van der Waals surface area contributed by atoms with E-state index in [1.165, 1.54) is 6.20 Å². The monoisotopic (exact) mass is 215 g/mol. The summed E-state index contributed by atoms with van der Waals surface area (Å²) >= 11 is 0. The fourth-order valence-corrected chi connectivity index (χ4v) is 0.982. The van der Waals surface area contributed by atoms with Crippen LogP contribution in [0.4, 0.5) is 0 Å². The molecule has 1 atom stereocenters. The minimum Gasteiger partial charge on any atom is -0.481 e. The van der Waals surface area contributed by atoms with Gasteiger partial charge in [0.25, 0.3) is 0 Å². The Morgan fingerprint density at radius 2 is 2.07 bits per heavy atom. The van der Waals surface area contributed by atoms with Crippen LogP contribution in [0.5, 0.6) is 0 Å². The van der Waals surface area contributed by atoms with E-state index in [0.29, 0.717) is 0 Å². The minimum absolute atomic E-state index is 0.423. The van der Waals surface area contributed by atoms with Crippen molar-refractivity contribution < 1.29 is 19.8 Å². The van der Waals surface area contributed by atoms with Crippen molar-refractivity contribution in [3.05, 3.63) is 12.3 Å². The van der Waals surface area contributed by atoms with Crippen LogP contribution in [-0.2, 0) is 9.59 Å². The maximum Gasteiger partial charge on any atom is 0.326 e. The molecule has 0 saturated carbocycles. The number of carboxylic acid groups (broad SMARTS) is 2. The van der Waals surface area contributed by atoms with Gasteiger partial charge in [-0.25, -0.2) is 4.79 Å². The summed E-state index contributed by atoms with van der Waals surface area (Å²) in [7, 11) is 0. The Morgan fingerprint density at radius 3 is 2.53 bits per heavy atom. The molecule has 0 amide bonds. The summed E-state index contributed by atoms with van der Waals surface area (Å²) in [5.74, 6) is -2.28. The highest BCUT2D eigenvalue weighted by atomic mass is 16.4. The summed E-state index contributed by atoms with van der Waals surface area (Å²) in [5, 5.41) is 19.7. The van der Waals surface area contributed by atoms with Gasteiger partial charge >= 0.3 is 11.9 Å². The number of unbranched alkanes of at least 4 members (excludes halogenated alkanes) is 2. The highest BCUT2D eigenvalue weighted by molar-refractivity contribution is 5.80. The van der Waals surface area contributed by atoms with Crippen LogP contribution in [-0.4, -0.2) is 28.2 Å². The SMILES string of the molecule is CCCCC=CNC(CC(=O)O)C(=O)O. The van der Waals surface area contributed by atoms with E-state index in [2.05, 4.69) is 12.2 Å². The van der Waals surface area contributed by atoms with E-state index >= 15 is 0 Å². The molecule has 0 aromatic rings. The molecule has 0 aromatic carbocycles. The summed E-state index contributed by atoms with van der Waals surface area (Å²) in [6.07, 6.45) is 5.87. The molecule has 0 rings (SSSR count). The third-order valence-electron chi connectivity index (χ3n) is 1.82. The standard InChI is InChI=1S/C10H17NO4/c1-2-3-4-5-6-11-8(10(14)15)7-9(12)13/h5-6,8,11H,2-4,7H2,1H3,(H,12,13)(H,14,15). The Hall–Kier alpha value is -1.52. The fourth-order valence-electron chi connectivity index (χ4n) is 0.982. The summed E-state index contributed by atoms with van der Waals surface area (Å²) in [6.45, 7) is 2.06. The first-order chi connectivity index (χ1) is 7.07. The van der Waals surface area contributed by atoms with E-state index in [1.54, 1.807) is 6.08 Å². The molecule has 86 valence electrons. The van der Waals surface area contributed by atoms with Crippen molar-refractivity contribution in [1.82, 2.24) is 5.32 Å². The van der Waals surface area contributed by atoms with E-state index in [-0.39, 0.29) is 0 Å². The van der Waals surface area contributed by atoms with Gasteiger partial charge in [-0.15, -0.1) is 0 Å². The van der Waals surface area contributed by atoms with E-state index in [4.69, 9.17) is 10.2 Å². The molecule has 0 bridgehead atoms. The Morgan fingerprint density at radius 1 is 1.40 bits per heavy atom. The molecule has 5 heteroatoms. The zero-order valence-electron chi connectivity index (χ0n) is 8.77. The quantitative estimate of drug-likeness (QED) is 0.530. The molecule has 3 N–H and O–H groups in total. The van der Waals surface area contributed by atoms with Crippen LogP contribution in [0, 0.1) is 0 Å². The first-order valence-electron chi connectivity index (χ1n) is 4.93. The number of carboxylic acids is 2. The molecule has 5 nitrogen and oxygen atoms in total. The Kier molecular flexibility index (Phi) is 7.05. The number of nitrogens with one attached hydrogen (secondary N) is 1. The predicted octanol–water partition coefficient (Wildman–Crippen LogP) is 1.21. The summed E-state index contributed by atoms with van der Waals surface area (Å²) < 4.78 is 0. The average Bonchev–Trinajstić information content (AvgIpc) is 2.15. The lowest BCUT2D eigenvalue weighted by Crippen LogP contribution is -2.35. The van der Waals surface area contributed by atoms with Crippen LogP contribution in [0.3, 0.4) is 0 Å². The van der Waals surface area contributed by atoms with Gasteiger partial charge in [-0.3, -0.25) is 4.79 Å². The molecule has 0 spiro atoms. The highest BCUT2D eigenvalue weighted by Gasteiger charge is 2.18.